The molecule has 1 heterocycles. The molecule has 1 fully saturated rings. The van der Waals surface area contributed by atoms with Crippen LogP contribution in [0.5, 0.6) is 0 Å². The second-order valence-electron chi connectivity index (χ2n) is 3.72. The maximum absolute atomic E-state index is 12.3. The molecular weight excluding hydrogens is 268 g/mol. The van der Waals surface area contributed by atoms with Gasteiger partial charge in [-0.2, -0.15) is 5.26 Å². The minimum absolute atomic E-state index is 0.155. The molecule has 2 rings (SSSR count). The van der Waals surface area contributed by atoms with Gasteiger partial charge in [0.05, 0.1) is 9.92 Å². The average Bonchev–Trinajstić information content (AvgIpc) is 2.41. The van der Waals surface area contributed by atoms with E-state index in [0.717, 1.165) is 12.2 Å². The van der Waals surface area contributed by atoms with E-state index in [9.17, 15) is 8.42 Å². The van der Waals surface area contributed by atoms with Crippen LogP contribution in [0.2, 0.25) is 0 Å². The Labute approximate surface area is 111 Å². The van der Waals surface area contributed by atoms with Crippen LogP contribution in [0.25, 0.3) is 0 Å². The highest BCUT2D eigenvalue weighted by Crippen LogP contribution is 2.28. The van der Waals surface area contributed by atoms with E-state index < -0.39 is 9.84 Å². The van der Waals surface area contributed by atoms with Crippen molar-refractivity contribution in [2.75, 3.05) is 12.3 Å². The van der Waals surface area contributed by atoms with Crippen molar-refractivity contribution >= 4 is 21.6 Å². The minimum atomic E-state index is -3.72. The molecule has 0 atom stereocenters. The summed E-state index contributed by atoms with van der Waals surface area (Å²) in [7, 11) is -3.72. The Balaban J connectivity index is 2.49. The summed E-state index contributed by atoms with van der Waals surface area (Å²) in [5.74, 6) is 0.831. The van der Waals surface area contributed by atoms with Crippen LogP contribution in [0, 0.1) is 11.3 Å². The molecule has 1 aromatic rings. The van der Waals surface area contributed by atoms with Crippen molar-refractivity contribution in [1.82, 2.24) is 5.32 Å². The Morgan fingerprint density at radius 2 is 2.06 bits per heavy atom. The van der Waals surface area contributed by atoms with Gasteiger partial charge in [-0.05, 0) is 18.6 Å². The number of nitriles is 1. The Hall–Kier alpha value is -1.45. The molecular formula is C12H12N2O2S2. The second kappa shape index (κ2) is 5.46. The molecule has 1 aliphatic rings. The molecule has 0 amide bonds. The lowest BCUT2D eigenvalue weighted by Crippen LogP contribution is -2.22. The highest BCUT2D eigenvalue weighted by molar-refractivity contribution is 8.04. The first-order chi connectivity index (χ1) is 8.66. The van der Waals surface area contributed by atoms with E-state index in [2.05, 4.69) is 5.32 Å². The maximum atomic E-state index is 12.3. The number of hydrogen-bond donors (Lipinski definition) is 1. The van der Waals surface area contributed by atoms with Gasteiger partial charge < -0.3 is 5.32 Å². The van der Waals surface area contributed by atoms with Crippen LogP contribution >= 0.6 is 11.8 Å². The molecule has 0 saturated carbocycles. The van der Waals surface area contributed by atoms with E-state index in [1.54, 1.807) is 18.2 Å². The first-order valence-corrected chi connectivity index (χ1v) is 7.94. The molecule has 0 aliphatic carbocycles. The van der Waals surface area contributed by atoms with Crippen LogP contribution in [-0.2, 0) is 9.84 Å². The van der Waals surface area contributed by atoms with Crippen LogP contribution in [0.4, 0.5) is 0 Å². The Morgan fingerprint density at radius 3 is 2.61 bits per heavy atom. The van der Waals surface area contributed by atoms with Gasteiger partial charge in [-0.1, -0.05) is 18.2 Å². The molecule has 1 aliphatic heterocycles. The van der Waals surface area contributed by atoms with Gasteiger partial charge in [-0.15, -0.1) is 11.8 Å². The highest BCUT2D eigenvalue weighted by Gasteiger charge is 2.25. The first kappa shape index (κ1) is 13.0. The zero-order valence-corrected chi connectivity index (χ0v) is 11.2. The van der Waals surface area contributed by atoms with Crippen molar-refractivity contribution in [3.05, 3.63) is 40.3 Å². The number of thioether (sulfide) groups is 1. The summed E-state index contributed by atoms with van der Waals surface area (Å²) in [5, 5.41) is 12.6. The quantitative estimate of drug-likeness (QED) is 0.838. The Bertz CT molecular complexity index is 593. The van der Waals surface area contributed by atoms with Gasteiger partial charge in [-0.25, -0.2) is 8.42 Å². The zero-order valence-electron chi connectivity index (χ0n) is 9.59. The molecule has 0 unspecified atom stereocenters. The van der Waals surface area contributed by atoms with Crippen LogP contribution in [0.1, 0.15) is 6.42 Å². The fourth-order valence-corrected chi connectivity index (χ4v) is 4.16. The third-order valence-corrected chi connectivity index (χ3v) is 5.47. The van der Waals surface area contributed by atoms with E-state index in [1.807, 2.05) is 6.07 Å². The molecule has 6 heteroatoms. The summed E-state index contributed by atoms with van der Waals surface area (Å²) in [6.45, 7) is 0.706. The second-order valence-corrected chi connectivity index (χ2v) is 6.71. The summed E-state index contributed by atoms with van der Waals surface area (Å²) in [6, 6.07) is 9.86. The predicted molar refractivity (Wildman–Crippen MR) is 71.3 cm³/mol. The van der Waals surface area contributed by atoms with E-state index in [4.69, 9.17) is 5.26 Å². The molecule has 0 spiro atoms. The normalized spacial score (nSPS) is 18.6. The Morgan fingerprint density at radius 1 is 1.33 bits per heavy atom. The monoisotopic (exact) mass is 280 g/mol. The van der Waals surface area contributed by atoms with Crippen LogP contribution < -0.4 is 5.32 Å². The summed E-state index contributed by atoms with van der Waals surface area (Å²) in [4.78, 5) is -0.0274. The molecule has 18 heavy (non-hydrogen) atoms. The number of benzene rings is 1. The predicted octanol–water partition coefficient (Wildman–Crippen LogP) is 1.88. The molecule has 0 radical (unpaired) electrons. The number of nitrogens with one attached hydrogen (secondary N) is 1. The van der Waals surface area contributed by atoms with Crippen LogP contribution in [0.3, 0.4) is 0 Å². The molecule has 0 aromatic heterocycles. The summed E-state index contributed by atoms with van der Waals surface area (Å²) >= 11 is 1.38. The van der Waals surface area contributed by atoms with Gasteiger partial charge in [0, 0.05) is 12.3 Å². The molecule has 1 aromatic carbocycles. The number of allylic oxidation sites excluding steroid dienone is 1. The summed E-state index contributed by atoms with van der Waals surface area (Å²) in [6.07, 6.45) is 0.970. The lowest BCUT2D eigenvalue weighted by Gasteiger charge is -2.17. The van der Waals surface area contributed by atoms with E-state index >= 15 is 0 Å². The topological polar surface area (TPSA) is 70.0 Å². The van der Waals surface area contributed by atoms with E-state index in [1.165, 1.54) is 23.9 Å². The third kappa shape index (κ3) is 2.52. The van der Waals surface area contributed by atoms with Gasteiger partial charge in [0.1, 0.15) is 6.07 Å². The lowest BCUT2D eigenvalue weighted by molar-refractivity contribution is 0.602. The average molecular weight is 280 g/mol. The van der Waals surface area contributed by atoms with E-state index in [0.29, 0.717) is 11.6 Å². The molecule has 1 N–H and O–H groups in total. The van der Waals surface area contributed by atoms with Crippen molar-refractivity contribution in [3.8, 4) is 6.07 Å². The van der Waals surface area contributed by atoms with Gasteiger partial charge in [0.2, 0.25) is 9.84 Å². The third-order valence-electron chi connectivity index (χ3n) is 2.48. The standard InChI is InChI=1S/C12H12N2O2S2/c13-9-11(12-14-7-4-8-17-12)18(15,16)10-5-2-1-3-6-10/h1-3,5-6,14H,4,7-8H2/b12-11+. The zero-order chi connectivity index (χ0) is 13.0. The van der Waals surface area contributed by atoms with Gasteiger partial charge in [0.15, 0.2) is 4.91 Å². The highest BCUT2D eigenvalue weighted by atomic mass is 32.2. The lowest BCUT2D eigenvalue weighted by atomic mass is 10.4. The molecule has 4 nitrogen and oxygen atoms in total. The fourth-order valence-electron chi connectivity index (χ4n) is 1.60. The molecule has 94 valence electrons. The molecule has 1 saturated heterocycles. The fraction of sp³-hybridized carbons (Fsp3) is 0.250. The molecule has 0 bridgehead atoms. The minimum Gasteiger partial charge on any atom is -0.378 e. The van der Waals surface area contributed by atoms with Crippen LogP contribution in [-0.4, -0.2) is 20.7 Å². The summed E-state index contributed by atoms with van der Waals surface area (Å²) < 4.78 is 24.7. The SMILES string of the molecule is N#C/C(=C1/NCCCS1)S(=O)(=O)c1ccccc1. The van der Waals surface area contributed by atoms with Crippen molar-refractivity contribution in [1.29, 1.82) is 5.26 Å². The van der Waals surface area contributed by atoms with Crippen LogP contribution in [0.15, 0.2) is 45.2 Å². The number of sulfone groups is 1. The van der Waals surface area contributed by atoms with Gasteiger partial charge in [-0.3, -0.25) is 0 Å². The van der Waals surface area contributed by atoms with Gasteiger partial charge >= 0.3 is 0 Å². The van der Waals surface area contributed by atoms with Crippen molar-refractivity contribution in [2.24, 2.45) is 0 Å². The number of hydrogen-bond acceptors (Lipinski definition) is 5. The largest absolute Gasteiger partial charge is 0.378 e. The van der Waals surface area contributed by atoms with Crippen molar-refractivity contribution < 1.29 is 8.42 Å². The maximum Gasteiger partial charge on any atom is 0.219 e. The number of rotatable bonds is 2. The summed E-state index contributed by atoms with van der Waals surface area (Å²) in [5.41, 5.74) is 0. The number of nitrogens with zero attached hydrogens (tertiary/aromatic N) is 1. The van der Waals surface area contributed by atoms with E-state index in [-0.39, 0.29) is 9.80 Å². The Kier molecular flexibility index (Phi) is 3.94. The van der Waals surface area contributed by atoms with Gasteiger partial charge in [0.25, 0.3) is 0 Å². The first-order valence-electron chi connectivity index (χ1n) is 5.47. The smallest absolute Gasteiger partial charge is 0.219 e. The van der Waals surface area contributed by atoms with Crippen molar-refractivity contribution in [3.63, 3.8) is 0 Å². The van der Waals surface area contributed by atoms with Crippen molar-refractivity contribution in [2.45, 2.75) is 11.3 Å².